The zero-order valence-electron chi connectivity index (χ0n) is 19.4. The molecule has 1 saturated heterocycles. The van der Waals surface area contributed by atoms with Crippen molar-refractivity contribution >= 4 is 40.5 Å². The van der Waals surface area contributed by atoms with Crippen LogP contribution in [0.15, 0.2) is 41.1 Å². The molecule has 6 aliphatic rings. The van der Waals surface area contributed by atoms with E-state index in [9.17, 15) is 15.3 Å². The fourth-order valence-electron chi connectivity index (χ4n) is 8.82. The van der Waals surface area contributed by atoms with Crippen LogP contribution in [0.5, 0.6) is 0 Å². The Bertz CT molecular complexity index is 1280. The van der Waals surface area contributed by atoms with Gasteiger partial charge in [-0.25, -0.2) is 0 Å². The third kappa shape index (κ3) is 2.86. The molecule has 8 rings (SSSR count). The van der Waals surface area contributed by atoms with Gasteiger partial charge in [-0.1, -0.05) is 23.8 Å². The van der Waals surface area contributed by atoms with Crippen LogP contribution in [0, 0.1) is 51.2 Å². The minimum atomic E-state index is -1.35. The van der Waals surface area contributed by atoms with Crippen LogP contribution in [-0.2, 0) is 4.79 Å². The predicted molar refractivity (Wildman–Crippen MR) is 137 cm³/mol. The number of ketones is 1. The highest BCUT2D eigenvalue weighted by atomic mass is 35.5. The Morgan fingerprint density at radius 3 is 2.34 bits per heavy atom. The fourth-order valence-corrected chi connectivity index (χ4v) is 9.69. The van der Waals surface area contributed by atoms with Crippen molar-refractivity contribution in [3.8, 4) is 12.1 Å². The number of fused-ring (bicyclic) bond motifs is 3. The number of hydrogen-bond acceptors (Lipinski definition) is 5. The smallest absolute Gasteiger partial charge is 0.176 e. The van der Waals surface area contributed by atoms with E-state index in [0.29, 0.717) is 22.8 Å². The summed E-state index contributed by atoms with van der Waals surface area (Å²) < 4.78 is 0. The molecule has 2 aromatic rings. The van der Waals surface area contributed by atoms with Crippen molar-refractivity contribution in [3.63, 3.8) is 0 Å². The zero-order valence-corrected chi connectivity index (χ0v) is 20.9. The van der Waals surface area contributed by atoms with E-state index in [1.165, 1.54) is 19.3 Å². The first kappa shape index (κ1) is 21.7. The first-order chi connectivity index (χ1) is 17.0. The minimum Gasteiger partial charge on any atom is -0.351 e. The zero-order chi connectivity index (χ0) is 23.9. The van der Waals surface area contributed by atoms with Crippen LogP contribution in [0.3, 0.4) is 0 Å². The summed E-state index contributed by atoms with van der Waals surface area (Å²) in [5.74, 6) is 1.70. The van der Waals surface area contributed by atoms with Gasteiger partial charge in [0, 0.05) is 22.0 Å². The van der Waals surface area contributed by atoms with Crippen molar-refractivity contribution in [1.82, 2.24) is 0 Å². The van der Waals surface area contributed by atoms with Gasteiger partial charge in [0.05, 0.1) is 24.2 Å². The number of halogens is 1. The van der Waals surface area contributed by atoms with Gasteiger partial charge in [0.15, 0.2) is 11.2 Å². The lowest BCUT2D eigenvalue weighted by Crippen LogP contribution is -2.56. The first-order valence-electron chi connectivity index (χ1n) is 12.6. The Hall–Kier alpha value is -2.60. The summed E-state index contributed by atoms with van der Waals surface area (Å²) in [4.78, 5) is 17.1. The number of nitriles is 2. The monoisotopic (exact) mass is 499 g/mol. The van der Waals surface area contributed by atoms with Crippen LogP contribution >= 0.6 is 22.9 Å². The normalized spacial score (nSPS) is 37.4. The molecule has 1 aromatic heterocycles. The molecular weight excluding hydrogens is 474 g/mol. The van der Waals surface area contributed by atoms with E-state index in [-0.39, 0.29) is 11.2 Å². The van der Waals surface area contributed by atoms with E-state index in [4.69, 9.17) is 11.6 Å². The second-order valence-corrected chi connectivity index (χ2v) is 12.8. The molecule has 0 amide bonds. The molecular formula is C29H26ClN3OS. The summed E-state index contributed by atoms with van der Waals surface area (Å²) >= 11 is 7.89. The molecule has 4 bridgehead atoms. The van der Waals surface area contributed by atoms with Gasteiger partial charge in [-0.15, -0.1) is 0 Å². The second kappa shape index (κ2) is 7.45. The number of carbonyl (C=O) groups excluding carboxylic acids is 1. The molecule has 1 aromatic carbocycles. The van der Waals surface area contributed by atoms with Gasteiger partial charge in [-0.05, 0) is 102 Å². The lowest BCUT2D eigenvalue weighted by molar-refractivity contribution is -0.145. The van der Waals surface area contributed by atoms with Crippen LogP contribution in [0.2, 0.25) is 5.02 Å². The van der Waals surface area contributed by atoms with Crippen LogP contribution in [0.4, 0.5) is 5.69 Å². The van der Waals surface area contributed by atoms with Gasteiger partial charge in [0.2, 0.25) is 0 Å². The van der Waals surface area contributed by atoms with Gasteiger partial charge in [-0.2, -0.15) is 21.9 Å². The quantitative estimate of drug-likeness (QED) is 0.477. The number of hydrogen-bond donors (Lipinski definition) is 0. The van der Waals surface area contributed by atoms with Gasteiger partial charge in [0.1, 0.15) is 0 Å². The second-order valence-electron chi connectivity index (χ2n) is 11.5. The Balaban J connectivity index is 1.44. The Labute approximate surface area is 214 Å². The van der Waals surface area contributed by atoms with E-state index < -0.39 is 23.4 Å². The summed E-state index contributed by atoms with van der Waals surface area (Å²) in [6.45, 7) is 0. The summed E-state index contributed by atoms with van der Waals surface area (Å²) in [7, 11) is 0. The maximum absolute atomic E-state index is 14.9. The maximum atomic E-state index is 14.9. The molecule has 2 aliphatic heterocycles. The van der Waals surface area contributed by atoms with Crippen molar-refractivity contribution < 1.29 is 4.79 Å². The highest BCUT2D eigenvalue weighted by Crippen LogP contribution is 2.63. The molecule has 4 aliphatic carbocycles. The van der Waals surface area contributed by atoms with E-state index in [0.717, 1.165) is 36.1 Å². The summed E-state index contributed by atoms with van der Waals surface area (Å²) in [5, 5.41) is 25.8. The Morgan fingerprint density at radius 2 is 1.74 bits per heavy atom. The molecule has 4 saturated carbocycles. The number of rotatable bonds is 3. The number of anilines is 1. The Morgan fingerprint density at radius 1 is 1.06 bits per heavy atom. The van der Waals surface area contributed by atoms with Crippen molar-refractivity contribution in [1.29, 1.82) is 10.5 Å². The maximum Gasteiger partial charge on any atom is 0.176 e. The highest BCUT2D eigenvalue weighted by molar-refractivity contribution is 7.08. The summed E-state index contributed by atoms with van der Waals surface area (Å²) in [5.41, 5.74) is 1.09. The molecule has 0 N–H and O–H groups in total. The number of carbonyl (C=O) groups is 1. The van der Waals surface area contributed by atoms with Crippen LogP contribution in [0.1, 0.15) is 55.6 Å². The molecule has 3 heterocycles. The largest absolute Gasteiger partial charge is 0.351 e. The van der Waals surface area contributed by atoms with Crippen LogP contribution in [0.25, 0.3) is 6.08 Å². The van der Waals surface area contributed by atoms with E-state index in [1.54, 1.807) is 11.3 Å². The lowest BCUT2D eigenvalue weighted by atomic mass is 9.47. The SMILES string of the molecule is N#CC1(C#N)[C@H](c2ccsc2)[C@@H](C(=O)C23CC4CC(CC(C4)C2)C3)N2c3ccc(Cl)cc3C=C[C@@H]21. The molecule has 5 fully saturated rings. The number of thiophene rings is 1. The fraction of sp³-hybridized carbons (Fsp3) is 0.483. The average Bonchev–Trinajstić information content (AvgIpc) is 3.47. The molecule has 35 heavy (non-hydrogen) atoms. The van der Waals surface area contributed by atoms with E-state index >= 15 is 0 Å². The molecule has 6 heteroatoms. The molecule has 176 valence electrons. The molecule has 0 unspecified atom stereocenters. The summed E-state index contributed by atoms with van der Waals surface area (Å²) in [6, 6.07) is 11.6. The third-order valence-electron chi connectivity index (χ3n) is 9.70. The lowest BCUT2D eigenvalue weighted by Gasteiger charge is -2.57. The molecule has 3 atom stereocenters. The standard InChI is InChI=1S/C29H26ClN3OS/c30-22-2-3-23-20(10-22)1-4-24-29(15-31,16-32)25(21-5-6-35-14-21)26(33(23)24)27(34)28-11-17-7-18(12-28)9-19(8-17)13-28/h1-6,10,14,17-19,24-26H,7-9,11-13H2/t17?,18?,19?,24-,25-,26+,28?/m1/s1. The third-order valence-corrected chi connectivity index (χ3v) is 10.6. The van der Waals surface area contributed by atoms with Gasteiger partial charge in [0.25, 0.3) is 0 Å². The van der Waals surface area contributed by atoms with E-state index in [2.05, 4.69) is 17.0 Å². The van der Waals surface area contributed by atoms with Gasteiger partial charge < -0.3 is 4.90 Å². The highest BCUT2D eigenvalue weighted by Gasteiger charge is 2.67. The first-order valence-corrected chi connectivity index (χ1v) is 13.9. The minimum absolute atomic E-state index is 0.265. The molecule has 0 radical (unpaired) electrons. The summed E-state index contributed by atoms with van der Waals surface area (Å²) in [6.07, 6.45) is 10.6. The number of nitrogens with zero attached hydrogens (tertiary/aromatic N) is 3. The molecule has 4 nitrogen and oxygen atoms in total. The van der Waals surface area contributed by atoms with Crippen LogP contribution in [-0.4, -0.2) is 17.9 Å². The van der Waals surface area contributed by atoms with Gasteiger partial charge in [-0.3, -0.25) is 4.79 Å². The number of Topliss-reactive ketones (excluding diaryl/α,β-unsaturated/α-hetero) is 1. The predicted octanol–water partition coefficient (Wildman–Crippen LogP) is 6.59. The molecule has 0 spiro atoms. The van der Waals surface area contributed by atoms with E-state index in [1.807, 2.05) is 47.2 Å². The van der Waals surface area contributed by atoms with Crippen molar-refractivity contribution in [2.75, 3.05) is 4.90 Å². The van der Waals surface area contributed by atoms with Gasteiger partial charge >= 0.3 is 0 Å². The van der Waals surface area contributed by atoms with Crippen molar-refractivity contribution in [2.24, 2.45) is 28.6 Å². The number of benzene rings is 1. The Kier molecular flexibility index (Phi) is 4.61. The van der Waals surface area contributed by atoms with Crippen molar-refractivity contribution in [2.45, 2.75) is 56.5 Å². The van der Waals surface area contributed by atoms with Crippen LogP contribution < -0.4 is 4.90 Å². The van der Waals surface area contributed by atoms with Crippen molar-refractivity contribution in [3.05, 3.63) is 57.3 Å². The average molecular weight is 500 g/mol. The topological polar surface area (TPSA) is 67.9 Å².